The van der Waals surface area contributed by atoms with Crippen LogP contribution >= 0.6 is 11.6 Å². The molecule has 1 aromatic carbocycles. The summed E-state index contributed by atoms with van der Waals surface area (Å²) in [7, 11) is -3.59. The molecule has 0 fully saturated rings. The third kappa shape index (κ3) is 4.45. The molecule has 0 radical (unpaired) electrons. The number of ether oxygens (including phenoxy) is 1. The van der Waals surface area contributed by atoms with Crippen LogP contribution in [0.1, 0.15) is 13.3 Å². The van der Waals surface area contributed by atoms with Gasteiger partial charge in [-0.3, -0.25) is 0 Å². The summed E-state index contributed by atoms with van der Waals surface area (Å²) >= 11 is 5.85. The molecule has 0 aromatic heterocycles. The van der Waals surface area contributed by atoms with Gasteiger partial charge in [-0.2, -0.15) is 0 Å². The lowest BCUT2D eigenvalue weighted by Crippen LogP contribution is -2.25. The number of anilines is 1. The number of benzene rings is 1. The van der Waals surface area contributed by atoms with Crippen LogP contribution in [-0.2, 0) is 14.8 Å². The Morgan fingerprint density at radius 3 is 2.78 bits per heavy atom. The van der Waals surface area contributed by atoms with E-state index in [1.54, 1.807) is 0 Å². The van der Waals surface area contributed by atoms with E-state index in [-0.39, 0.29) is 9.92 Å². The molecule has 0 amide bonds. The zero-order valence-electron chi connectivity index (χ0n) is 10.1. The van der Waals surface area contributed by atoms with Gasteiger partial charge < -0.3 is 10.5 Å². The fourth-order valence-corrected chi connectivity index (χ4v) is 2.96. The lowest BCUT2D eigenvalue weighted by Gasteiger charge is -2.08. The SMILES string of the molecule is CCOCCCNS(=O)(=O)c1ccc(N)cc1Cl. The molecule has 0 saturated carbocycles. The molecule has 18 heavy (non-hydrogen) atoms. The number of nitrogens with two attached hydrogens (primary N) is 1. The highest BCUT2D eigenvalue weighted by Gasteiger charge is 2.17. The summed E-state index contributed by atoms with van der Waals surface area (Å²) in [5.74, 6) is 0. The van der Waals surface area contributed by atoms with Crippen molar-refractivity contribution >= 4 is 27.3 Å². The Labute approximate surface area is 112 Å². The van der Waals surface area contributed by atoms with Gasteiger partial charge in [0.1, 0.15) is 4.90 Å². The number of rotatable bonds is 7. The van der Waals surface area contributed by atoms with Crippen LogP contribution in [0.2, 0.25) is 5.02 Å². The monoisotopic (exact) mass is 292 g/mol. The molecule has 1 rings (SSSR count). The second-order valence-electron chi connectivity index (χ2n) is 3.64. The Hall–Kier alpha value is -0.820. The van der Waals surface area contributed by atoms with Gasteiger partial charge in [0.2, 0.25) is 10.0 Å². The van der Waals surface area contributed by atoms with Gasteiger partial charge in [0, 0.05) is 25.4 Å². The normalized spacial score (nSPS) is 11.7. The Balaban J connectivity index is 2.63. The quantitative estimate of drug-likeness (QED) is 0.591. The summed E-state index contributed by atoms with van der Waals surface area (Å²) in [5.41, 5.74) is 5.94. The van der Waals surface area contributed by atoms with Gasteiger partial charge in [-0.1, -0.05) is 11.6 Å². The van der Waals surface area contributed by atoms with Crippen molar-refractivity contribution in [3.05, 3.63) is 23.2 Å². The first-order chi connectivity index (χ1) is 8.47. The van der Waals surface area contributed by atoms with E-state index in [1.807, 2.05) is 6.92 Å². The van der Waals surface area contributed by atoms with Gasteiger partial charge in [0.05, 0.1) is 5.02 Å². The maximum atomic E-state index is 11.9. The van der Waals surface area contributed by atoms with Crippen molar-refractivity contribution in [2.45, 2.75) is 18.2 Å². The van der Waals surface area contributed by atoms with Crippen LogP contribution < -0.4 is 10.5 Å². The van der Waals surface area contributed by atoms with Crippen LogP contribution in [0.3, 0.4) is 0 Å². The maximum absolute atomic E-state index is 11.9. The van der Waals surface area contributed by atoms with E-state index in [1.165, 1.54) is 18.2 Å². The van der Waals surface area contributed by atoms with Crippen LogP contribution in [-0.4, -0.2) is 28.2 Å². The molecule has 0 spiro atoms. The number of sulfonamides is 1. The molecular formula is C11H17ClN2O3S. The zero-order valence-corrected chi connectivity index (χ0v) is 11.7. The number of halogens is 1. The van der Waals surface area contributed by atoms with Crippen molar-refractivity contribution in [1.29, 1.82) is 0 Å². The molecule has 0 unspecified atom stereocenters. The summed E-state index contributed by atoms with van der Waals surface area (Å²) < 4.78 is 31.4. The highest BCUT2D eigenvalue weighted by Crippen LogP contribution is 2.23. The standard InChI is InChI=1S/C11H17ClN2O3S/c1-2-17-7-3-6-14-18(15,16)11-5-4-9(13)8-10(11)12/h4-5,8,14H,2-3,6-7,13H2,1H3. The Morgan fingerprint density at radius 1 is 1.44 bits per heavy atom. The molecule has 3 N–H and O–H groups in total. The predicted molar refractivity (Wildman–Crippen MR) is 72.2 cm³/mol. The number of nitrogens with one attached hydrogen (secondary N) is 1. The highest BCUT2D eigenvalue weighted by atomic mass is 35.5. The zero-order chi connectivity index (χ0) is 13.6. The molecule has 0 heterocycles. The predicted octanol–water partition coefficient (Wildman–Crippen LogP) is 1.63. The molecule has 7 heteroatoms. The van der Waals surface area contributed by atoms with Gasteiger partial charge in [0.15, 0.2) is 0 Å². The average molecular weight is 293 g/mol. The average Bonchev–Trinajstić information content (AvgIpc) is 2.28. The van der Waals surface area contributed by atoms with Crippen LogP contribution in [0.5, 0.6) is 0 Å². The Kier molecular flexibility index (Phi) is 5.87. The molecule has 1 aromatic rings. The molecule has 5 nitrogen and oxygen atoms in total. The fraction of sp³-hybridized carbons (Fsp3) is 0.455. The van der Waals surface area contributed by atoms with Crippen molar-refractivity contribution < 1.29 is 13.2 Å². The Bertz CT molecular complexity index is 491. The summed E-state index contributed by atoms with van der Waals surface area (Å²) in [6.07, 6.45) is 0.611. The number of hydrogen-bond acceptors (Lipinski definition) is 4. The van der Waals surface area contributed by atoms with Gasteiger partial charge in [-0.25, -0.2) is 13.1 Å². The van der Waals surface area contributed by atoms with Crippen molar-refractivity contribution in [1.82, 2.24) is 4.72 Å². The van der Waals surface area contributed by atoms with Gasteiger partial charge in [0.25, 0.3) is 0 Å². The number of hydrogen-bond donors (Lipinski definition) is 2. The van der Waals surface area contributed by atoms with E-state index in [0.717, 1.165) is 0 Å². The first-order valence-electron chi connectivity index (χ1n) is 5.60. The minimum Gasteiger partial charge on any atom is -0.399 e. The third-order valence-corrected chi connectivity index (χ3v) is 4.15. The third-order valence-electron chi connectivity index (χ3n) is 2.21. The molecule has 0 atom stereocenters. The van der Waals surface area contributed by atoms with Crippen LogP contribution in [0.25, 0.3) is 0 Å². The molecule has 0 aliphatic rings. The minimum absolute atomic E-state index is 0.0368. The molecule has 0 aliphatic heterocycles. The largest absolute Gasteiger partial charge is 0.399 e. The van der Waals surface area contributed by atoms with E-state index in [9.17, 15) is 8.42 Å². The van der Waals surface area contributed by atoms with Crippen LogP contribution in [0, 0.1) is 0 Å². The Morgan fingerprint density at radius 2 is 2.17 bits per heavy atom. The summed E-state index contributed by atoms with van der Waals surface area (Å²) in [6.45, 7) is 3.34. The van der Waals surface area contributed by atoms with E-state index in [4.69, 9.17) is 22.1 Å². The second-order valence-corrected chi connectivity index (χ2v) is 5.78. The summed E-state index contributed by atoms with van der Waals surface area (Å²) in [5, 5.41) is 0.118. The molecule has 0 bridgehead atoms. The second kappa shape index (κ2) is 6.94. The molecule has 0 aliphatic carbocycles. The lowest BCUT2D eigenvalue weighted by atomic mass is 10.3. The maximum Gasteiger partial charge on any atom is 0.242 e. The first-order valence-corrected chi connectivity index (χ1v) is 7.46. The fourth-order valence-electron chi connectivity index (χ4n) is 1.34. The van der Waals surface area contributed by atoms with Crippen molar-refractivity contribution in [3.63, 3.8) is 0 Å². The van der Waals surface area contributed by atoms with Gasteiger partial charge in [-0.05, 0) is 31.5 Å². The summed E-state index contributed by atoms with van der Waals surface area (Å²) in [6, 6.07) is 4.31. The molecule has 102 valence electrons. The topological polar surface area (TPSA) is 81.4 Å². The van der Waals surface area contributed by atoms with E-state index < -0.39 is 10.0 Å². The highest BCUT2D eigenvalue weighted by molar-refractivity contribution is 7.89. The lowest BCUT2D eigenvalue weighted by molar-refractivity contribution is 0.146. The van der Waals surface area contributed by atoms with Crippen molar-refractivity contribution in [2.75, 3.05) is 25.5 Å². The smallest absolute Gasteiger partial charge is 0.242 e. The van der Waals surface area contributed by atoms with E-state index in [2.05, 4.69) is 4.72 Å². The number of nitrogen functional groups attached to an aromatic ring is 1. The first kappa shape index (κ1) is 15.2. The van der Waals surface area contributed by atoms with Crippen LogP contribution in [0.4, 0.5) is 5.69 Å². The van der Waals surface area contributed by atoms with Gasteiger partial charge >= 0.3 is 0 Å². The minimum atomic E-state index is -3.59. The van der Waals surface area contributed by atoms with Gasteiger partial charge in [-0.15, -0.1) is 0 Å². The molecule has 0 saturated heterocycles. The van der Waals surface area contributed by atoms with Crippen molar-refractivity contribution in [3.8, 4) is 0 Å². The van der Waals surface area contributed by atoms with E-state index >= 15 is 0 Å². The van der Waals surface area contributed by atoms with Crippen molar-refractivity contribution in [2.24, 2.45) is 0 Å². The summed E-state index contributed by atoms with van der Waals surface area (Å²) in [4.78, 5) is 0.0368. The van der Waals surface area contributed by atoms with E-state index in [0.29, 0.717) is 31.9 Å². The molecular weight excluding hydrogens is 276 g/mol. The van der Waals surface area contributed by atoms with Crippen LogP contribution in [0.15, 0.2) is 23.1 Å².